The average molecular weight is 168 g/mol. The van der Waals surface area contributed by atoms with E-state index in [1.54, 1.807) is 0 Å². The van der Waals surface area contributed by atoms with Gasteiger partial charge >= 0.3 is 0 Å². The molecule has 0 bridgehead atoms. The Morgan fingerprint density at radius 3 is 3.00 bits per heavy atom. The van der Waals surface area contributed by atoms with Crippen LogP contribution < -0.4 is 0 Å². The van der Waals surface area contributed by atoms with Crippen LogP contribution in [0.1, 0.15) is 23.7 Å². The van der Waals surface area contributed by atoms with Crippen molar-refractivity contribution in [2.75, 3.05) is 0 Å². The molecule has 0 amide bonds. The monoisotopic (exact) mass is 168 g/mol. The third-order valence-electron chi connectivity index (χ3n) is 1.22. The number of nitrogens with zero attached hydrogens (tertiary/aromatic N) is 4. The first-order valence-corrected chi connectivity index (χ1v) is 4.08. The van der Waals surface area contributed by atoms with E-state index in [9.17, 15) is 0 Å². The zero-order chi connectivity index (χ0) is 8.27. The molecule has 58 valence electrons. The maximum absolute atomic E-state index is 8.14. The molecule has 4 nitrogen and oxygen atoms in total. The number of aryl methyl sites for hydroxylation is 1. The SMILES string of the molecule is Cc1csc(C(C)N=[N+]=[N-])n1. The van der Waals surface area contributed by atoms with E-state index in [0.717, 1.165) is 10.7 Å². The molecular formula is C6H8N4S. The topological polar surface area (TPSA) is 61.7 Å². The van der Waals surface area contributed by atoms with Crippen LogP contribution in [-0.4, -0.2) is 4.98 Å². The van der Waals surface area contributed by atoms with Crippen molar-refractivity contribution >= 4 is 11.3 Å². The zero-order valence-electron chi connectivity index (χ0n) is 6.35. The Hall–Kier alpha value is -1.06. The molecule has 1 rings (SSSR count). The van der Waals surface area contributed by atoms with E-state index in [4.69, 9.17) is 5.53 Å². The Labute approximate surface area is 68.5 Å². The lowest BCUT2D eigenvalue weighted by atomic mass is 10.4. The summed E-state index contributed by atoms with van der Waals surface area (Å²) in [4.78, 5) is 6.90. The smallest absolute Gasteiger partial charge is 0.101 e. The Bertz CT molecular complexity index is 287. The molecule has 0 aromatic carbocycles. The van der Waals surface area contributed by atoms with E-state index < -0.39 is 0 Å². The highest BCUT2D eigenvalue weighted by molar-refractivity contribution is 7.09. The first-order chi connectivity index (χ1) is 5.24. The van der Waals surface area contributed by atoms with Gasteiger partial charge in [-0.3, -0.25) is 0 Å². The second-order valence-corrected chi connectivity index (χ2v) is 3.10. The van der Waals surface area contributed by atoms with Gasteiger partial charge in [0, 0.05) is 16.0 Å². The van der Waals surface area contributed by atoms with Crippen LogP contribution in [0.3, 0.4) is 0 Å². The predicted octanol–water partition coefficient (Wildman–Crippen LogP) is 2.82. The maximum Gasteiger partial charge on any atom is 0.101 e. The summed E-state index contributed by atoms with van der Waals surface area (Å²) in [5.74, 6) is 0. The van der Waals surface area contributed by atoms with E-state index in [0.29, 0.717) is 0 Å². The summed E-state index contributed by atoms with van der Waals surface area (Å²) in [6.07, 6.45) is 0. The van der Waals surface area contributed by atoms with Crippen LogP contribution in [0.25, 0.3) is 10.4 Å². The summed E-state index contributed by atoms with van der Waals surface area (Å²) >= 11 is 1.52. The summed E-state index contributed by atoms with van der Waals surface area (Å²) in [5.41, 5.74) is 9.12. The normalized spacial score (nSPS) is 12.2. The Morgan fingerprint density at radius 2 is 2.55 bits per heavy atom. The van der Waals surface area contributed by atoms with Gasteiger partial charge in [-0.05, 0) is 12.5 Å². The zero-order valence-corrected chi connectivity index (χ0v) is 7.17. The van der Waals surface area contributed by atoms with E-state index in [2.05, 4.69) is 15.0 Å². The first-order valence-electron chi connectivity index (χ1n) is 3.20. The van der Waals surface area contributed by atoms with Crippen LogP contribution in [0, 0.1) is 6.92 Å². The number of aromatic nitrogens is 1. The van der Waals surface area contributed by atoms with Crippen LogP contribution in [-0.2, 0) is 0 Å². The quantitative estimate of drug-likeness (QED) is 0.380. The highest BCUT2D eigenvalue weighted by atomic mass is 32.1. The second-order valence-electron chi connectivity index (χ2n) is 2.21. The number of hydrogen-bond donors (Lipinski definition) is 0. The maximum atomic E-state index is 8.14. The summed E-state index contributed by atoms with van der Waals surface area (Å²) < 4.78 is 0. The lowest BCUT2D eigenvalue weighted by Crippen LogP contribution is -1.85. The fraction of sp³-hybridized carbons (Fsp3) is 0.500. The van der Waals surface area contributed by atoms with E-state index >= 15 is 0 Å². The molecule has 0 spiro atoms. The fourth-order valence-electron chi connectivity index (χ4n) is 0.691. The van der Waals surface area contributed by atoms with Crippen molar-refractivity contribution in [1.29, 1.82) is 0 Å². The van der Waals surface area contributed by atoms with Crippen LogP contribution in [0.15, 0.2) is 10.5 Å². The van der Waals surface area contributed by atoms with Crippen LogP contribution in [0.5, 0.6) is 0 Å². The molecule has 1 unspecified atom stereocenters. The van der Waals surface area contributed by atoms with Crippen molar-refractivity contribution in [3.05, 3.63) is 26.5 Å². The highest BCUT2D eigenvalue weighted by Gasteiger charge is 2.05. The van der Waals surface area contributed by atoms with E-state index in [-0.39, 0.29) is 6.04 Å². The lowest BCUT2D eigenvalue weighted by Gasteiger charge is -1.95. The Balaban J connectivity index is 2.84. The van der Waals surface area contributed by atoms with Crippen molar-refractivity contribution in [2.45, 2.75) is 19.9 Å². The first kappa shape index (κ1) is 8.04. The summed E-state index contributed by atoms with van der Waals surface area (Å²) in [7, 11) is 0. The molecule has 0 saturated heterocycles. The minimum absolute atomic E-state index is 0.140. The van der Waals surface area contributed by atoms with Crippen LogP contribution in [0.4, 0.5) is 0 Å². The van der Waals surface area contributed by atoms with Crippen molar-refractivity contribution in [3.8, 4) is 0 Å². The van der Waals surface area contributed by atoms with Crippen molar-refractivity contribution in [3.63, 3.8) is 0 Å². The lowest BCUT2D eigenvalue weighted by molar-refractivity contribution is 0.793. The van der Waals surface area contributed by atoms with Gasteiger partial charge in [0.1, 0.15) is 5.01 Å². The standard InChI is InChI=1S/C6H8N4S/c1-4-3-11-6(8-4)5(2)9-10-7/h3,5H,1-2H3. The number of thiazole rings is 1. The Morgan fingerprint density at radius 1 is 1.82 bits per heavy atom. The third-order valence-corrected chi connectivity index (χ3v) is 2.35. The van der Waals surface area contributed by atoms with Gasteiger partial charge in [-0.1, -0.05) is 12.0 Å². The molecule has 1 atom stereocenters. The fourth-order valence-corrected chi connectivity index (χ4v) is 1.48. The van der Waals surface area contributed by atoms with Crippen molar-refractivity contribution < 1.29 is 0 Å². The van der Waals surface area contributed by atoms with Gasteiger partial charge in [-0.25, -0.2) is 4.98 Å². The molecule has 0 fully saturated rings. The summed E-state index contributed by atoms with van der Waals surface area (Å²) in [6.45, 7) is 3.75. The molecule has 0 N–H and O–H groups in total. The third kappa shape index (κ3) is 1.93. The average Bonchev–Trinajstić information content (AvgIpc) is 2.36. The number of rotatable bonds is 2. The molecule has 1 heterocycles. The highest BCUT2D eigenvalue weighted by Crippen LogP contribution is 2.20. The molecule has 0 aliphatic rings. The van der Waals surface area contributed by atoms with Gasteiger partial charge in [0.2, 0.25) is 0 Å². The molecule has 5 heteroatoms. The van der Waals surface area contributed by atoms with Crippen molar-refractivity contribution in [1.82, 2.24) is 4.98 Å². The minimum atomic E-state index is -0.140. The molecule has 0 aliphatic heterocycles. The molecular weight excluding hydrogens is 160 g/mol. The number of azide groups is 1. The van der Waals surface area contributed by atoms with E-state index in [1.807, 2.05) is 19.2 Å². The van der Waals surface area contributed by atoms with Gasteiger partial charge in [-0.2, -0.15) is 0 Å². The van der Waals surface area contributed by atoms with Crippen LogP contribution in [0.2, 0.25) is 0 Å². The van der Waals surface area contributed by atoms with E-state index in [1.165, 1.54) is 11.3 Å². The molecule has 0 saturated carbocycles. The molecule has 1 aromatic heterocycles. The summed E-state index contributed by atoms with van der Waals surface area (Å²) in [6, 6.07) is -0.140. The van der Waals surface area contributed by atoms with Gasteiger partial charge in [0.25, 0.3) is 0 Å². The predicted molar refractivity (Wildman–Crippen MR) is 44.4 cm³/mol. The molecule has 1 aromatic rings. The van der Waals surface area contributed by atoms with Gasteiger partial charge in [0.15, 0.2) is 0 Å². The molecule has 11 heavy (non-hydrogen) atoms. The van der Waals surface area contributed by atoms with Gasteiger partial charge < -0.3 is 0 Å². The van der Waals surface area contributed by atoms with Crippen molar-refractivity contribution in [2.24, 2.45) is 5.11 Å². The summed E-state index contributed by atoms with van der Waals surface area (Å²) in [5, 5.41) is 6.36. The Kier molecular flexibility index (Phi) is 2.46. The minimum Gasteiger partial charge on any atom is -0.246 e. The second kappa shape index (κ2) is 3.37. The molecule has 0 aliphatic carbocycles. The van der Waals surface area contributed by atoms with Gasteiger partial charge in [0.05, 0.1) is 6.04 Å². The number of hydrogen-bond acceptors (Lipinski definition) is 3. The largest absolute Gasteiger partial charge is 0.246 e. The van der Waals surface area contributed by atoms with Gasteiger partial charge in [-0.15, -0.1) is 11.3 Å². The molecule has 0 radical (unpaired) electrons. The van der Waals surface area contributed by atoms with Crippen LogP contribution >= 0.6 is 11.3 Å².